The maximum absolute atomic E-state index is 5.65. The zero-order valence-electron chi connectivity index (χ0n) is 6.43. The number of methoxy groups -OCH3 is 1. The average molecular weight is 197 g/mol. The van der Waals surface area contributed by atoms with Crippen LogP contribution in [0.5, 0.6) is 5.75 Å². The van der Waals surface area contributed by atoms with Crippen molar-refractivity contribution in [2.24, 2.45) is 0 Å². The van der Waals surface area contributed by atoms with Crippen molar-refractivity contribution in [3.63, 3.8) is 0 Å². The topological polar surface area (TPSA) is 9.23 Å². The monoisotopic (exact) mass is 196 g/mol. The summed E-state index contributed by atoms with van der Waals surface area (Å²) in [6.45, 7) is 0. The second kappa shape index (κ2) is 5.22. The fourth-order valence-corrected chi connectivity index (χ4v) is 1.17. The van der Waals surface area contributed by atoms with Crippen LogP contribution in [0.25, 0.3) is 0 Å². The largest absolute Gasteiger partial charge is 1.00 e. The summed E-state index contributed by atoms with van der Waals surface area (Å²) in [6.07, 6.45) is 0. The zero-order valence-corrected chi connectivity index (χ0v) is 10.00. The molecule has 0 saturated carbocycles. The van der Waals surface area contributed by atoms with Crippen molar-refractivity contribution in [1.29, 1.82) is 0 Å². The molecule has 0 aliphatic heterocycles. The van der Waals surface area contributed by atoms with E-state index in [-0.39, 0.29) is 29.6 Å². The van der Waals surface area contributed by atoms with Crippen LogP contribution in [0, 0.1) is 0 Å². The van der Waals surface area contributed by atoms with Crippen LogP contribution in [-0.4, -0.2) is 7.11 Å². The Morgan fingerprint density at radius 1 is 1.45 bits per heavy atom. The average Bonchev–Trinajstić information content (AvgIpc) is 1.88. The van der Waals surface area contributed by atoms with Gasteiger partial charge in [-0.25, -0.2) is 0 Å². The van der Waals surface area contributed by atoms with E-state index in [1.807, 2.05) is 0 Å². The molecule has 0 amide bonds. The number of benzene rings is 1. The van der Waals surface area contributed by atoms with E-state index in [1.54, 1.807) is 25.3 Å². The van der Waals surface area contributed by atoms with E-state index in [0.717, 1.165) is 0 Å². The van der Waals surface area contributed by atoms with Gasteiger partial charge in [0.1, 0.15) is 0 Å². The summed E-state index contributed by atoms with van der Waals surface area (Å²) >= 11 is 10.6. The minimum absolute atomic E-state index is 0. The van der Waals surface area contributed by atoms with Gasteiger partial charge in [0.15, 0.2) is 0 Å². The predicted octanol–water partition coefficient (Wildman–Crippen LogP) is -0.742. The molecule has 0 unspecified atom stereocenters. The summed E-state index contributed by atoms with van der Waals surface area (Å²) in [5.74, 6) is 0.694. The maximum Gasteiger partial charge on any atom is 1.00 e. The molecule has 0 atom stereocenters. The first-order valence-electron chi connectivity index (χ1n) is 2.74. The molecule has 4 heteroatoms. The molecular weight excluding hydrogens is 191 g/mol. The van der Waals surface area contributed by atoms with E-state index >= 15 is 0 Å². The van der Waals surface area contributed by atoms with E-state index in [1.165, 1.54) is 0 Å². The molecule has 1 aromatic carbocycles. The zero-order chi connectivity index (χ0) is 7.56. The number of rotatable bonds is 1. The Balaban J connectivity index is 0.000001000. The molecular formula is C7H6ClNaOS. The van der Waals surface area contributed by atoms with E-state index in [2.05, 4.69) is 0 Å². The minimum atomic E-state index is 0. The third-order valence-corrected chi connectivity index (χ3v) is 1.68. The second-order valence-corrected chi connectivity index (χ2v) is 2.67. The van der Waals surface area contributed by atoms with Crippen molar-refractivity contribution in [3.8, 4) is 5.75 Å². The third-order valence-electron chi connectivity index (χ3n) is 1.13. The predicted molar refractivity (Wildman–Crippen MR) is 43.6 cm³/mol. The van der Waals surface area contributed by atoms with Gasteiger partial charge in [-0.15, -0.1) is 4.90 Å². The van der Waals surface area contributed by atoms with E-state index in [0.29, 0.717) is 15.7 Å². The Hall–Kier alpha value is 0.530. The summed E-state index contributed by atoms with van der Waals surface area (Å²) in [7, 11) is 1.58. The van der Waals surface area contributed by atoms with E-state index in [4.69, 9.17) is 29.0 Å². The molecule has 0 aliphatic carbocycles. The van der Waals surface area contributed by atoms with Crippen LogP contribution in [0.15, 0.2) is 23.1 Å². The summed E-state index contributed by atoms with van der Waals surface area (Å²) in [4.78, 5) is 0.648. The van der Waals surface area contributed by atoms with Crippen molar-refractivity contribution in [3.05, 3.63) is 23.2 Å². The number of hydrogen-bond acceptors (Lipinski definition) is 2. The van der Waals surface area contributed by atoms with Crippen molar-refractivity contribution >= 4 is 24.2 Å². The first kappa shape index (κ1) is 11.5. The summed E-state index contributed by atoms with van der Waals surface area (Å²) in [5.41, 5.74) is 0. The molecule has 11 heavy (non-hydrogen) atoms. The molecule has 1 nitrogen and oxygen atoms in total. The molecule has 0 saturated heterocycles. The minimum Gasteiger partial charge on any atom is -0.776 e. The molecule has 0 heterocycles. The van der Waals surface area contributed by atoms with Crippen LogP contribution in [0.3, 0.4) is 0 Å². The molecule has 1 rings (SSSR count). The first-order chi connectivity index (χ1) is 4.74. The van der Waals surface area contributed by atoms with Crippen molar-refractivity contribution in [2.45, 2.75) is 4.90 Å². The van der Waals surface area contributed by atoms with Gasteiger partial charge in [0.05, 0.1) is 12.9 Å². The van der Waals surface area contributed by atoms with Gasteiger partial charge in [-0.1, -0.05) is 17.7 Å². The van der Waals surface area contributed by atoms with E-state index in [9.17, 15) is 0 Å². The quantitative estimate of drug-likeness (QED) is 0.432. The Morgan fingerprint density at radius 2 is 2.09 bits per heavy atom. The van der Waals surface area contributed by atoms with Crippen LogP contribution in [0.4, 0.5) is 0 Å². The molecule has 0 spiro atoms. The van der Waals surface area contributed by atoms with Crippen molar-refractivity contribution in [1.82, 2.24) is 0 Å². The molecule has 0 bridgehead atoms. The van der Waals surface area contributed by atoms with Crippen molar-refractivity contribution < 1.29 is 34.3 Å². The van der Waals surface area contributed by atoms with Crippen LogP contribution in [-0.2, 0) is 12.6 Å². The Kier molecular flexibility index (Phi) is 5.48. The number of hydrogen-bond donors (Lipinski definition) is 0. The van der Waals surface area contributed by atoms with Gasteiger partial charge in [0, 0.05) is 5.02 Å². The SMILES string of the molecule is COc1ccc(Cl)cc1[S-].[Na+]. The Morgan fingerprint density at radius 3 is 2.55 bits per heavy atom. The van der Waals surface area contributed by atoms with Gasteiger partial charge < -0.3 is 17.4 Å². The van der Waals surface area contributed by atoms with Crippen LogP contribution in [0.1, 0.15) is 0 Å². The van der Waals surface area contributed by atoms with Gasteiger partial charge in [0.25, 0.3) is 0 Å². The Bertz CT molecular complexity index is 242. The summed E-state index contributed by atoms with van der Waals surface area (Å²) in [6, 6.07) is 5.19. The van der Waals surface area contributed by atoms with Crippen LogP contribution >= 0.6 is 11.6 Å². The first-order valence-corrected chi connectivity index (χ1v) is 3.53. The van der Waals surface area contributed by atoms with Crippen LogP contribution in [0.2, 0.25) is 5.02 Å². The molecule has 0 aromatic heterocycles. The van der Waals surface area contributed by atoms with Gasteiger partial charge in [-0.2, -0.15) is 0 Å². The molecule has 54 valence electrons. The van der Waals surface area contributed by atoms with Crippen molar-refractivity contribution in [2.75, 3.05) is 7.11 Å². The van der Waals surface area contributed by atoms with Crippen LogP contribution < -0.4 is 34.3 Å². The van der Waals surface area contributed by atoms with Gasteiger partial charge in [0.2, 0.25) is 0 Å². The Labute approximate surface area is 98.8 Å². The molecule has 0 aliphatic rings. The molecule has 0 N–H and O–H groups in total. The fraction of sp³-hybridized carbons (Fsp3) is 0.143. The van der Waals surface area contributed by atoms with Gasteiger partial charge in [-0.3, -0.25) is 0 Å². The second-order valence-electron chi connectivity index (χ2n) is 1.80. The van der Waals surface area contributed by atoms with E-state index < -0.39 is 0 Å². The smallest absolute Gasteiger partial charge is 0.776 e. The molecule has 1 aromatic rings. The summed E-state index contributed by atoms with van der Waals surface area (Å²) < 4.78 is 4.94. The third kappa shape index (κ3) is 3.18. The number of halogens is 1. The molecule has 0 radical (unpaired) electrons. The molecule has 0 fully saturated rings. The van der Waals surface area contributed by atoms with Gasteiger partial charge in [-0.05, 0) is 12.1 Å². The van der Waals surface area contributed by atoms with Gasteiger partial charge >= 0.3 is 29.6 Å². The standard InChI is InChI=1S/C7H7ClOS.Na/c1-9-6-3-2-5(8)4-7(6)10;/h2-4,10H,1H3;/q;+1/p-1. The fourth-order valence-electron chi connectivity index (χ4n) is 0.651. The summed E-state index contributed by atoms with van der Waals surface area (Å²) in [5, 5.41) is 0.644. The normalized spacial score (nSPS) is 8.55. The number of ether oxygens (including phenoxy) is 1. The maximum atomic E-state index is 5.65.